The van der Waals surface area contributed by atoms with E-state index < -0.39 is 16.5 Å². The first-order valence-electron chi connectivity index (χ1n) is 13.3. The topological polar surface area (TPSA) is 109 Å². The van der Waals surface area contributed by atoms with Crippen LogP contribution in [0.1, 0.15) is 32.2 Å². The first-order chi connectivity index (χ1) is 19.1. The maximum absolute atomic E-state index is 13.9. The van der Waals surface area contributed by atoms with E-state index in [-0.39, 0.29) is 5.78 Å². The molecule has 2 atom stereocenters. The Labute approximate surface area is 231 Å². The number of aromatic amines is 1. The summed E-state index contributed by atoms with van der Waals surface area (Å²) in [5.41, 5.74) is 2.81. The molecule has 8 nitrogen and oxygen atoms in total. The van der Waals surface area contributed by atoms with Gasteiger partial charge < -0.3 is 14.8 Å². The Hall–Kier alpha value is -4.85. The third-order valence-corrected chi connectivity index (χ3v) is 7.85. The second kappa shape index (κ2) is 8.32. The number of pyridine rings is 1. The Morgan fingerprint density at radius 3 is 2.52 bits per heavy atom. The first-order valence-corrected chi connectivity index (χ1v) is 13.3. The number of carbonyl (C=O) groups excluding carboxylic acids is 1. The Morgan fingerprint density at radius 1 is 0.925 bits per heavy atom. The lowest BCUT2D eigenvalue weighted by Crippen LogP contribution is -2.41. The third-order valence-electron chi connectivity index (χ3n) is 7.85. The van der Waals surface area contributed by atoms with Crippen molar-refractivity contribution in [3.05, 3.63) is 107 Å². The molecular weight excluding hydrogens is 500 g/mol. The summed E-state index contributed by atoms with van der Waals surface area (Å²) in [6.07, 6.45) is 17.5. The van der Waals surface area contributed by atoms with Crippen LogP contribution in [0, 0.1) is 12.3 Å². The SMILES string of the molecule is Cc1cc(-c2cc(C34C=CC(=N3)C=c3ccc([nH]3)=CC3=NC(=CC5(C)NC(=C4)C(C)(C)C5=O)C=C3)on2)ccn1. The van der Waals surface area contributed by atoms with Gasteiger partial charge in [0.05, 0.1) is 22.5 Å². The molecule has 3 aromatic rings. The second-order valence-corrected chi connectivity index (χ2v) is 11.4. The van der Waals surface area contributed by atoms with Crippen LogP contribution >= 0.6 is 0 Å². The molecule has 0 aromatic carbocycles. The van der Waals surface area contributed by atoms with Crippen molar-refractivity contribution in [2.24, 2.45) is 15.4 Å². The Kier molecular flexibility index (Phi) is 5.04. The minimum atomic E-state index is -1.01. The number of Topliss-reactive ketones (excluding diaryl/α,β-unsaturated/α-hetero) is 1. The third kappa shape index (κ3) is 3.87. The largest absolute Gasteiger partial charge is 0.373 e. The van der Waals surface area contributed by atoms with Crippen molar-refractivity contribution in [2.75, 3.05) is 0 Å². The van der Waals surface area contributed by atoms with E-state index in [1.165, 1.54) is 0 Å². The van der Waals surface area contributed by atoms with Gasteiger partial charge in [0, 0.05) is 39.9 Å². The van der Waals surface area contributed by atoms with Crippen molar-refractivity contribution < 1.29 is 9.32 Å². The van der Waals surface area contributed by atoms with Crippen molar-refractivity contribution >= 4 is 29.4 Å². The first kappa shape index (κ1) is 24.2. The molecule has 2 N–H and O–H groups in total. The average molecular weight is 529 g/mol. The summed E-state index contributed by atoms with van der Waals surface area (Å²) >= 11 is 0. The van der Waals surface area contributed by atoms with Crippen molar-refractivity contribution in [2.45, 2.75) is 38.8 Å². The van der Waals surface area contributed by atoms with Crippen LogP contribution in [-0.4, -0.2) is 37.9 Å². The van der Waals surface area contributed by atoms with E-state index in [2.05, 4.69) is 20.4 Å². The molecule has 1 fully saturated rings. The molecule has 0 aliphatic carbocycles. The summed E-state index contributed by atoms with van der Waals surface area (Å²) in [5.74, 6) is 0.604. The van der Waals surface area contributed by atoms with Gasteiger partial charge in [-0.2, -0.15) is 0 Å². The lowest BCUT2D eigenvalue weighted by atomic mass is 9.79. The molecule has 40 heavy (non-hydrogen) atoms. The van der Waals surface area contributed by atoms with Crippen molar-refractivity contribution in [3.63, 3.8) is 0 Å². The number of allylic oxidation sites excluding steroid dienone is 4. The Balaban J connectivity index is 1.44. The van der Waals surface area contributed by atoms with Gasteiger partial charge in [0.1, 0.15) is 11.2 Å². The fourth-order valence-electron chi connectivity index (χ4n) is 5.74. The van der Waals surface area contributed by atoms with Crippen LogP contribution in [0.4, 0.5) is 0 Å². The zero-order chi connectivity index (χ0) is 27.7. The van der Waals surface area contributed by atoms with E-state index in [1.807, 2.05) is 107 Å². The molecule has 198 valence electrons. The molecule has 0 spiro atoms. The van der Waals surface area contributed by atoms with Crippen LogP contribution in [0.2, 0.25) is 0 Å². The highest BCUT2D eigenvalue weighted by molar-refractivity contribution is 6.20. The van der Waals surface area contributed by atoms with Crippen LogP contribution in [-0.2, 0) is 10.3 Å². The molecule has 8 heteroatoms. The highest BCUT2D eigenvalue weighted by Crippen LogP contribution is 2.44. The predicted molar refractivity (Wildman–Crippen MR) is 155 cm³/mol. The van der Waals surface area contributed by atoms with Crippen molar-refractivity contribution in [1.82, 2.24) is 20.4 Å². The second-order valence-electron chi connectivity index (χ2n) is 11.4. The van der Waals surface area contributed by atoms with Crippen LogP contribution in [0.15, 0.2) is 98.9 Å². The fraction of sp³-hybridized carbons (Fsp3) is 0.219. The number of aromatic nitrogens is 3. The van der Waals surface area contributed by atoms with Gasteiger partial charge in [-0.15, -0.1) is 0 Å². The molecule has 7 rings (SSSR count). The molecule has 8 bridgehead atoms. The number of nitrogens with zero attached hydrogens (tertiary/aromatic N) is 4. The summed E-state index contributed by atoms with van der Waals surface area (Å²) in [7, 11) is 0. The normalized spacial score (nSPS) is 25.9. The van der Waals surface area contributed by atoms with Crippen LogP contribution in [0.3, 0.4) is 0 Å². The van der Waals surface area contributed by atoms with Gasteiger partial charge in [0.15, 0.2) is 17.1 Å². The molecule has 4 aliphatic heterocycles. The maximum Gasteiger partial charge on any atom is 0.173 e. The molecule has 0 saturated carbocycles. The molecule has 3 aromatic heterocycles. The summed E-state index contributed by atoms with van der Waals surface area (Å²) in [6.45, 7) is 7.71. The Bertz CT molecular complexity index is 1910. The summed E-state index contributed by atoms with van der Waals surface area (Å²) in [5, 5.41) is 9.75. The van der Waals surface area contributed by atoms with Crippen molar-refractivity contribution in [1.29, 1.82) is 0 Å². The summed E-state index contributed by atoms with van der Waals surface area (Å²) in [4.78, 5) is 31.5. The van der Waals surface area contributed by atoms with E-state index in [9.17, 15) is 4.79 Å². The lowest BCUT2D eigenvalue weighted by molar-refractivity contribution is -0.126. The zero-order valence-electron chi connectivity index (χ0n) is 22.7. The number of rotatable bonds is 2. The molecule has 1 saturated heterocycles. The average Bonchev–Trinajstić information content (AvgIpc) is 3.73. The van der Waals surface area contributed by atoms with E-state index in [0.717, 1.165) is 44.8 Å². The quantitative estimate of drug-likeness (QED) is 0.529. The molecular formula is C32H28N6O2. The van der Waals surface area contributed by atoms with E-state index in [1.54, 1.807) is 6.20 Å². The monoisotopic (exact) mass is 528 g/mol. The number of hydrogen-bond acceptors (Lipinski definition) is 7. The van der Waals surface area contributed by atoms with Crippen molar-refractivity contribution in [3.8, 4) is 11.3 Å². The lowest BCUT2D eigenvalue weighted by Gasteiger charge is -2.23. The van der Waals surface area contributed by atoms with E-state index in [0.29, 0.717) is 11.5 Å². The zero-order valence-corrected chi connectivity index (χ0v) is 22.7. The summed E-state index contributed by atoms with van der Waals surface area (Å²) in [6, 6.07) is 9.80. The number of fused-ring (bicyclic) bond motifs is 6. The minimum absolute atomic E-state index is 0.0519. The number of ketones is 1. The molecule has 4 aliphatic rings. The molecule has 7 heterocycles. The van der Waals surface area contributed by atoms with Gasteiger partial charge in [-0.25, -0.2) is 4.99 Å². The minimum Gasteiger partial charge on any atom is -0.373 e. The van der Waals surface area contributed by atoms with Gasteiger partial charge in [-0.1, -0.05) is 5.16 Å². The smallest absolute Gasteiger partial charge is 0.173 e. The molecule has 2 unspecified atom stereocenters. The van der Waals surface area contributed by atoms with Gasteiger partial charge >= 0.3 is 0 Å². The predicted octanol–water partition coefficient (Wildman–Crippen LogP) is 3.59. The summed E-state index contributed by atoms with van der Waals surface area (Å²) < 4.78 is 5.97. The number of carbonyl (C=O) groups is 1. The Morgan fingerprint density at radius 2 is 1.73 bits per heavy atom. The molecule has 0 radical (unpaired) electrons. The van der Waals surface area contributed by atoms with Crippen LogP contribution in [0.5, 0.6) is 0 Å². The maximum atomic E-state index is 13.9. The van der Waals surface area contributed by atoms with Gasteiger partial charge in [-0.05, 0) is 101 Å². The van der Waals surface area contributed by atoms with Crippen LogP contribution in [0.25, 0.3) is 23.4 Å². The highest BCUT2D eigenvalue weighted by Gasteiger charge is 2.52. The van der Waals surface area contributed by atoms with E-state index in [4.69, 9.17) is 14.5 Å². The van der Waals surface area contributed by atoms with Gasteiger partial charge in [-0.3, -0.25) is 14.8 Å². The molecule has 0 amide bonds. The number of aliphatic imine (C=N–C) groups is 2. The van der Waals surface area contributed by atoms with Crippen LogP contribution < -0.4 is 16.0 Å². The highest BCUT2D eigenvalue weighted by atomic mass is 16.5. The van der Waals surface area contributed by atoms with Gasteiger partial charge in [0.2, 0.25) is 0 Å². The standard InChI is InChI=1S/C32H28N6O2/c1-19-13-20(10-12-33-19)26-16-28(40-38-26)32-11-9-24(36-32)15-23-6-5-21(34-23)14-22-7-8-25(35-22)17-31(4)29(39)30(2,3)27(18-32)37-31/h5-18,34,37H,1-4H3. The number of hydrogen-bond donors (Lipinski definition) is 2. The number of nitrogens with one attached hydrogen (secondary N) is 2. The fourth-order valence-corrected chi connectivity index (χ4v) is 5.74. The number of H-pyrrole nitrogens is 1. The van der Waals surface area contributed by atoms with E-state index >= 15 is 0 Å². The number of aryl methyl sites for hydroxylation is 1. The van der Waals surface area contributed by atoms with Gasteiger partial charge in [0.25, 0.3) is 0 Å².